The van der Waals surface area contributed by atoms with Crippen molar-refractivity contribution in [3.63, 3.8) is 0 Å². The van der Waals surface area contributed by atoms with Gasteiger partial charge in [-0.25, -0.2) is 0 Å². The molecule has 0 radical (unpaired) electrons. The van der Waals surface area contributed by atoms with Crippen LogP contribution in [0.1, 0.15) is 76.8 Å². The molecule has 41 heavy (non-hydrogen) atoms. The summed E-state index contributed by atoms with van der Waals surface area (Å²) in [5, 5.41) is 0.651. The van der Waals surface area contributed by atoms with Crippen LogP contribution in [0.5, 0.6) is 5.75 Å². The highest BCUT2D eigenvalue weighted by molar-refractivity contribution is 9.10. The van der Waals surface area contributed by atoms with Gasteiger partial charge >= 0.3 is 0 Å². The number of ether oxygens (including phenoxy) is 2. The average Bonchev–Trinajstić information content (AvgIpc) is 2.87. The lowest BCUT2D eigenvalue weighted by Crippen LogP contribution is -2.44. The van der Waals surface area contributed by atoms with E-state index in [-0.39, 0.29) is 22.4 Å². The third-order valence-corrected chi connectivity index (χ3v) is 9.05. The van der Waals surface area contributed by atoms with E-state index in [0.29, 0.717) is 43.4 Å². The van der Waals surface area contributed by atoms with E-state index in [9.17, 15) is 9.59 Å². The van der Waals surface area contributed by atoms with Crippen LogP contribution in [0.3, 0.4) is 0 Å². The van der Waals surface area contributed by atoms with Crippen molar-refractivity contribution in [1.82, 2.24) is 4.90 Å². The molecule has 7 heteroatoms. The molecule has 0 bridgehead atoms. The fourth-order valence-electron chi connectivity index (χ4n) is 6.66. The zero-order chi connectivity index (χ0) is 29.5. The normalized spacial score (nSPS) is 20.3. The third-order valence-electron chi connectivity index (χ3n) is 8.32. The second-order valence-electron chi connectivity index (χ2n) is 13.1. The van der Waals surface area contributed by atoms with Crippen LogP contribution in [0.25, 0.3) is 0 Å². The van der Waals surface area contributed by atoms with Crippen LogP contribution in [0.4, 0.5) is 0 Å². The van der Waals surface area contributed by atoms with Crippen LogP contribution in [0.15, 0.2) is 69.5 Å². The van der Waals surface area contributed by atoms with Gasteiger partial charge in [0.15, 0.2) is 11.6 Å². The lowest BCUT2D eigenvalue weighted by atomic mass is 9.63. The van der Waals surface area contributed by atoms with Crippen molar-refractivity contribution >= 4 is 39.1 Å². The molecule has 2 aromatic rings. The number of benzene rings is 2. The van der Waals surface area contributed by atoms with Gasteiger partial charge in [-0.2, -0.15) is 0 Å². The predicted molar refractivity (Wildman–Crippen MR) is 166 cm³/mol. The van der Waals surface area contributed by atoms with Gasteiger partial charge in [0.1, 0.15) is 12.4 Å². The Morgan fingerprint density at radius 2 is 1.56 bits per heavy atom. The monoisotopic (exact) mass is 639 g/mol. The molecule has 0 N–H and O–H groups in total. The van der Waals surface area contributed by atoms with Gasteiger partial charge in [-0.05, 0) is 66.0 Å². The first kappa shape index (κ1) is 30.1. The highest BCUT2D eigenvalue weighted by atomic mass is 79.9. The molecule has 2 aromatic carbocycles. The van der Waals surface area contributed by atoms with Gasteiger partial charge < -0.3 is 14.4 Å². The van der Waals surface area contributed by atoms with E-state index in [2.05, 4.69) is 48.5 Å². The van der Waals surface area contributed by atoms with Crippen molar-refractivity contribution in [3.05, 3.63) is 85.6 Å². The van der Waals surface area contributed by atoms with Crippen molar-refractivity contribution in [2.24, 2.45) is 10.8 Å². The average molecular weight is 641 g/mol. The molecule has 0 aromatic heterocycles. The Hall–Kier alpha value is -2.41. The number of ketones is 2. The molecular formula is C34H39BrClNO4. The van der Waals surface area contributed by atoms with E-state index >= 15 is 0 Å². The molecule has 0 fully saturated rings. The number of methoxy groups -OCH3 is 1. The first-order chi connectivity index (χ1) is 19.4. The maximum absolute atomic E-state index is 14.1. The van der Waals surface area contributed by atoms with E-state index in [4.69, 9.17) is 21.1 Å². The van der Waals surface area contributed by atoms with Crippen molar-refractivity contribution < 1.29 is 19.1 Å². The Balaban J connectivity index is 1.69. The molecule has 1 aliphatic heterocycles. The second kappa shape index (κ2) is 11.7. The molecule has 1 heterocycles. The summed E-state index contributed by atoms with van der Waals surface area (Å²) in [7, 11) is 1.71. The number of nitrogens with zero attached hydrogens (tertiary/aromatic N) is 1. The van der Waals surface area contributed by atoms with Gasteiger partial charge in [-0.15, -0.1) is 0 Å². The van der Waals surface area contributed by atoms with Crippen LogP contribution in [-0.2, 0) is 20.9 Å². The Kier molecular flexibility index (Phi) is 8.58. The van der Waals surface area contributed by atoms with E-state index in [1.165, 1.54) is 0 Å². The lowest BCUT2D eigenvalue weighted by Gasteiger charge is -2.49. The Morgan fingerprint density at radius 3 is 2.15 bits per heavy atom. The topological polar surface area (TPSA) is 55.8 Å². The molecule has 3 aliphatic rings. The quantitative estimate of drug-likeness (QED) is 0.271. The summed E-state index contributed by atoms with van der Waals surface area (Å²) in [6.07, 6.45) is 3.25. The maximum Gasteiger partial charge on any atom is 0.162 e. The lowest BCUT2D eigenvalue weighted by molar-refractivity contribution is -0.119. The molecule has 0 amide bonds. The van der Waals surface area contributed by atoms with Gasteiger partial charge in [-0.1, -0.05) is 67.4 Å². The first-order valence-corrected chi connectivity index (χ1v) is 15.5. The number of hydrogen-bond donors (Lipinski definition) is 0. The summed E-state index contributed by atoms with van der Waals surface area (Å²) < 4.78 is 12.7. The Morgan fingerprint density at radius 1 is 0.927 bits per heavy atom. The van der Waals surface area contributed by atoms with Gasteiger partial charge in [0.05, 0.1) is 0 Å². The van der Waals surface area contributed by atoms with E-state index in [0.717, 1.165) is 57.4 Å². The predicted octanol–water partition coefficient (Wildman–Crippen LogP) is 8.40. The number of hydrogen-bond acceptors (Lipinski definition) is 5. The van der Waals surface area contributed by atoms with Crippen LogP contribution in [-0.4, -0.2) is 36.7 Å². The second-order valence-corrected chi connectivity index (χ2v) is 14.5. The summed E-state index contributed by atoms with van der Waals surface area (Å²) in [5.41, 5.74) is 5.06. The van der Waals surface area contributed by atoms with Crippen LogP contribution in [0, 0.1) is 10.8 Å². The SMILES string of the molecule is COCCCN1C2=C(C(=O)CC(C)(C)C2)C(c2cc(Br)ccc2OCc2cccc(Cl)c2)C2=C1CC(C)(C)CC2=O. The molecule has 2 aliphatic carbocycles. The van der Waals surface area contributed by atoms with Gasteiger partial charge in [0.2, 0.25) is 0 Å². The van der Waals surface area contributed by atoms with E-state index < -0.39 is 5.92 Å². The standard InChI is InChI=1S/C34H39BrClNO4/c1-33(2)16-25-31(27(38)18-33)30(32-26(37(25)12-7-13-40-5)17-34(3,4)19-28(32)39)24-15-22(35)10-11-29(24)41-20-21-8-6-9-23(36)14-21/h6,8-11,14-15,30H,7,12-13,16-20H2,1-5H3. The Bertz CT molecular complexity index is 1390. The molecule has 218 valence electrons. The summed E-state index contributed by atoms with van der Waals surface area (Å²) in [4.78, 5) is 30.5. The van der Waals surface area contributed by atoms with E-state index in [1.807, 2.05) is 42.5 Å². The zero-order valence-electron chi connectivity index (χ0n) is 24.6. The molecule has 0 saturated carbocycles. The highest BCUT2D eigenvalue weighted by Gasteiger charge is 2.49. The minimum Gasteiger partial charge on any atom is -0.489 e. The maximum atomic E-state index is 14.1. The number of rotatable bonds is 8. The van der Waals surface area contributed by atoms with Crippen LogP contribution < -0.4 is 4.74 Å². The largest absolute Gasteiger partial charge is 0.489 e. The zero-order valence-corrected chi connectivity index (χ0v) is 27.0. The highest BCUT2D eigenvalue weighted by Crippen LogP contribution is 2.55. The van der Waals surface area contributed by atoms with Crippen LogP contribution >= 0.6 is 27.5 Å². The van der Waals surface area contributed by atoms with Crippen molar-refractivity contribution in [3.8, 4) is 5.75 Å². The molecule has 5 rings (SSSR count). The van der Waals surface area contributed by atoms with Gasteiger partial charge in [0.25, 0.3) is 0 Å². The van der Waals surface area contributed by atoms with Crippen molar-refractivity contribution in [2.45, 2.75) is 72.3 Å². The van der Waals surface area contributed by atoms with E-state index in [1.54, 1.807) is 7.11 Å². The number of carbonyl (C=O) groups is 2. The van der Waals surface area contributed by atoms with Crippen molar-refractivity contribution in [2.75, 3.05) is 20.3 Å². The summed E-state index contributed by atoms with van der Waals surface area (Å²) in [6, 6.07) is 13.5. The minimum atomic E-state index is -0.474. The molecule has 5 nitrogen and oxygen atoms in total. The minimum absolute atomic E-state index is 0.114. The number of halogens is 2. The third kappa shape index (κ3) is 6.35. The number of allylic oxidation sites excluding steroid dienone is 4. The molecule has 0 spiro atoms. The summed E-state index contributed by atoms with van der Waals surface area (Å²) in [5.74, 6) is 0.420. The first-order valence-electron chi connectivity index (χ1n) is 14.3. The summed E-state index contributed by atoms with van der Waals surface area (Å²) >= 11 is 9.89. The van der Waals surface area contributed by atoms with Crippen molar-refractivity contribution in [1.29, 1.82) is 0 Å². The molecule has 0 atom stereocenters. The van der Waals surface area contributed by atoms with Crippen LogP contribution in [0.2, 0.25) is 5.02 Å². The number of carbonyl (C=O) groups excluding carboxylic acids is 2. The molecular weight excluding hydrogens is 602 g/mol. The smallest absolute Gasteiger partial charge is 0.162 e. The fourth-order valence-corrected chi connectivity index (χ4v) is 7.25. The van der Waals surface area contributed by atoms with Gasteiger partial charge in [0, 0.05) is 76.6 Å². The summed E-state index contributed by atoms with van der Waals surface area (Å²) in [6.45, 7) is 10.3. The molecule has 0 saturated heterocycles. The molecule has 0 unspecified atom stereocenters. The Labute approximate surface area is 257 Å². The number of Topliss-reactive ketones (excluding diaryl/α,β-unsaturated/α-hetero) is 2. The van der Waals surface area contributed by atoms with Gasteiger partial charge in [-0.3, -0.25) is 9.59 Å². The fraction of sp³-hybridized carbons (Fsp3) is 0.471.